The maximum Gasteiger partial charge on any atom is 0.0657 e. The molecule has 6 rings (SSSR count). The summed E-state index contributed by atoms with van der Waals surface area (Å²) in [5, 5.41) is 0. The van der Waals surface area contributed by atoms with E-state index in [0.717, 1.165) is 0 Å². The highest BCUT2D eigenvalue weighted by atomic mass is 32.2. The lowest BCUT2D eigenvalue weighted by Crippen LogP contribution is -2.34. The predicted octanol–water partition coefficient (Wildman–Crippen LogP) is 6.49. The third kappa shape index (κ3) is 3.22. The molecule has 4 heterocycles. The van der Waals surface area contributed by atoms with E-state index >= 15 is 0 Å². The Balaban J connectivity index is 1.48. The Morgan fingerprint density at radius 3 is 1.41 bits per heavy atom. The summed E-state index contributed by atoms with van der Waals surface area (Å²) in [6, 6.07) is 4.93. The highest BCUT2D eigenvalue weighted by Crippen LogP contribution is 2.55. The summed E-state index contributed by atoms with van der Waals surface area (Å²) in [4.78, 5) is 14.3. The van der Waals surface area contributed by atoms with E-state index in [9.17, 15) is 0 Å². The van der Waals surface area contributed by atoms with Crippen LogP contribution >= 0.6 is 58.8 Å². The molecule has 0 amide bonds. The molecule has 0 bridgehead atoms. The third-order valence-corrected chi connectivity index (χ3v) is 11.9. The Hall–Kier alpha value is -0.210. The van der Waals surface area contributed by atoms with Crippen LogP contribution in [0.15, 0.2) is 41.5 Å². The van der Waals surface area contributed by atoms with Crippen LogP contribution in [0.4, 0.5) is 11.4 Å². The highest BCUT2D eigenvalue weighted by molar-refractivity contribution is 8.04. The first-order chi connectivity index (χ1) is 14.2. The molecule has 152 valence electrons. The van der Waals surface area contributed by atoms with Crippen LogP contribution in [-0.4, -0.2) is 49.2 Å². The molecule has 2 nitrogen and oxygen atoms in total. The Labute approximate surface area is 194 Å². The fourth-order valence-electron chi connectivity index (χ4n) is 4.66. The van der Waals surface area contributed by atoms with Crippen molar-refractivity contribution in [1.29, 1.82) is 0 Å². The van der Waals surface area contributed by atoms with Crippen LogP contribution in [0.1, 0.15) is 11.1 Å². The van der Waals surface area contributed by atoms with Crippen molar-refractivity contribution >= 4 is 70.2 Å². The predicted molar refractivity (Wildman–Crippen MR) is 134 cm³/mol. The molecule has 0 spiro atoms. The quantitative estimate of drug-likeness (QED) is 0.482. The molecule has 4 aliphatic rings. The van der Waals surface area contributed by atoms with Crippen molar-refractivity contribution in [2.24, 2.45) is 0 Å². The van der Waals surface area contributed by atoms with Crippen LogP contribution in [-0.2, 0) is 0 Å². The normalized spacial score (nSPS) is 19.8. The molecule has 0 fully saturated rings. The van der Waals surface area contributed by atoms with E-state index < -0.39 is 0 Å². The van der Waals surface area contributed by atoms with Crippen molar-refractivity contribution in [2.75, 3.05) is 59.0 Å². The van der Waals surface area contributed by atoms with Gasteiger partial charge in [-0.3, -0.25) is 0 Å². The van der Waals surface area contributed by atoms with E-state index in [1.54, 1.807) is 0 Å². The minimum absolute atomic E-state index is 1.20. The molecule has 2 aromatic carbocycles. The van der Waals surface area contributed by atoms with Crippen molar-refractivity contribution in [1.82, 2.24) is 0 Å². The topological polar surface area (TPSA) is 6.48 Å². The van der Waals surface area contributed by atoms with E-state index in [1.165, 1.54) is 101 Å². The van der Waals surface area contributed by atoms with Crippen LogP contribution in [0.2, 0.25) is 0 Å². The van der Waals surface area contributed by atoms with Gasteiger partial charge in [-0.1, -0.05) is 11.8 Å². The monoisotopic (exact) mass is 476 g/mol. The Morgan fingerprint density at radius 2 is 1.00 bits per heavy atom. The van der Waals surface area contributed by atoms with Crippen LogP contribution < -0.4 is 9.80 Å². The molecule has 0 aliphatic carbocycles. The molecule has 2 aromatic rings. The fraction of sp³-hybridized carbons (Fsp3) is 0.455. The van der Waals surface area contributed by atoms with E-state index in [4.69, 9.17) is 0 Å². The van der Waals surface area contributed by atoms with Gasteiger partial charge in [-0.2, -0.15) is 0 Å². The zero-order chi connectivity index (χ0) is 19.5. The molecule has 7 heteroatoms. The Kier molecular flexibility index (Phi) is 5.19. The van der Waals surface area contributed by atoms with Gasteiger partial charge in [-0.05, 0) is 37.1 Å². The lowest BCUT2D eigenvalue weighted by Gasteiger charge is -2.38. The first-order valence-electron chi connectivity index (χ1n) is 10.2. The van der Waals surface area contributed by atoms with Crippen molar-refractivity contribution in [3.8, 4) is 0 Å². The number of hydrogen-bond acceptors (Lipinski definition) is 7. The number of nitrogens with zero attached hydrogens (tertiary/aromatic N) is 2. The lowest BCUT2D eigenvalue weighted by molar-refractivity contribution is 0.813. The minimum Gasteiger partial charge on any atom is -0.368 e. The summed E-state index contributed by atoms with van der Waals surface area (Å²) in [5.41, 5.74) is 5.98. The van der Waals surface area contributed by atoms with Crippen LogP contribution in [0.3, 0.4) is 0 Å². The molecule has 29 heavy (non-hydrogen) atoms. The molecular formula is C22H24N2S5. The number of thioether (sulfide) groups is 4. The van der Waals surface area contributed by atoms with Crippen LogP contribution in [0.5, 0.6) is 0 Å². The molecule has 4 aliphatic heterocycles. The first kappa shape index (κ1) is 19.5. The molecule has 0 atom stereocenters. The maximum absolute atomic E-state index is 2.64. The maximum atomic E-state index is 2.64. The number of benzene rings is 2. The fourth-order valence-corrected chi connectivity index (χ4v) is 11.0. The average molecular weight is 477 g/mol. The standard InChI is InChI=1S/C22H24N2S5/c1-13-11-15(21-17-19(13)25-7-3-23(17)5-9-27-21)29-16-12-14(2)20-18-22(16)28-10-6-24(18)4-8-26-20/h11-12H,3-10H2,1-2H3. The van der Waals surface area contributed by atoms with E-state index in [2.05, 4.69) is 82.8 Å². The molecule has 0 saturated heterocycles. The number of hydrogen-bond donors (Lipinski definition) is 0. The summed E-state index contributed by atoms with van der Waals surface area (Å²) >= 11 is 10.3. The Bertz CT molecular complexity index is 922. The van der Waals surface area contributed by atoms with Gasteiger partial charge in [0.1, 0.15) is 0 Å². The summed E-state index contributed by atoms with van der Waals surface area (Å²) in [5.74, 6) is 4.87. The van der Waals surface area contributed by atoms with Crippen molar-refractivity contribution < 1.29 is 0 Å². The second kappa shape index (κ2) is 7.73. The van der Waals surface area contributed by atoms with Gasteiger partial charge in [0.25, 0.3) is 0 Å². The molecular weight excluding hydrogens is 453 g/mol. The Morgan fingerprint density at radius 1 is 0.621 bits per heavy atom. The summed E-state index contributed by atoms with van der Waals surface area (Å²) in [6.07, 6.45) is 0. The van der Waals surface area contributed by atoms with Gasteiger partial charge in [0.05, 0.1) is 11.4 Å². The van der Waals surface area contributed by atoms with Gasteiger partial charge in [-0.15, -0.1) is 47.0 Å². The zero-order valence-corrected chi connectivity index (χ0v) is 20.8. The largest absolute Gasteiger partial charge is 0.368 e. The summed E-state index contributed by atoms with van der Waals surface area (Å²) < 4.78 is 0. The molecule has 0 unspecified atom stereocenters. The van der Waals surface area contributed by atoms with Crippen molar-refractivity contribution in [3.63, 3.8) is 0 Å². The SMILES string of the molecule is Cc1cc(Sc2cc(C)c3c4c2SCCN4CCS3)c2c3c1SCCN3CCS2. The van der Waals surface area contributed by atoms with Gasteiger partial charge in [-0.25, -0.2) is 0 Å². The first-order valence-corrected chi connectivity index (χ1v) is 15.0. The van der Waals surface area contributed by atoms with Gasteiger partial charge >= 0.3 is 0 Å². The van der Waals surface area contributed by atoms with Crippen molar-refractivity contribution in [2.45, 2.75) is 43.2 Å². The minimum atomic E-state index is 1.20. The number of aryl methyl sites for hydroxylation is 2. The lowest BCUT2D eigenvalue weighted by atomic mass is 10.2. The zero-order valence-electron chi connectivity index (χ0n) is 16.7. The summed E-state index contributed by atoms with van der Waals surface area (Å²) in [7, 11) is 0. The van der Waals surface area contributed by atoms with E-state index in [0.29, 0.717) is 0 Å². The number of anilines is 2. The van der Waals surface area contributed by atoms with Crippen molar-refractivity contribution in [3.05, 3.63) is 23.3 Å². The average Bonchev–Trinajstić information content (AvgIpc) is 2.75. The molecule has 0 saturated carbocycles. The second-order valence-corrected chi connectivity index (χ2v) is 13.4. The molecule has 0 radical (unpaired) electrons. The van der Waals surface area contributed by atoms with Crippen LogP contribution in [0.25, 0.3) is 0 Å². The third-order valence-electron chi connectivity index (χ3n) is 6.00. The van der Waals surface area contributed by atoms with Gasteiger partial charge in [0.15, 0.2) is 0 Å². The molecule has 0 N–H and O–H groups in total. The summed E-state index contributed by atoms with van der Waals surface area (Å²) in [6.45, 7) is 9.41. The van der Waals surface area contributed by atoms with Crippen LogP contribution in [0, 0.1) is 13.8 Å². The highest BCUT2D eigenvalue weighted by Gasteiger charge is 2.31. The van der Waals surface area contributed by atoms with Gasteiger partial charge in [0.2, 0.25) is 0 Å². The van der Waals surface area contributed by atoms with E-state index in [1.807, 2.05) is 11.8 Å². The second-order valence-electron chi connectivity index (χ2n) is 7.87. The molecule has 0 aromatic heterocycles. The smallest absolute Gasteiger partial charge is 0.0657 e. The van der Waals surface area contributed by atoms with Gasteiger partial charge < -0.3 is 9.80 Å². The number of rotatable bonds is 2. The van der Waals surface area contributed by atoms with Gasteiger partial charge in [0, 0.05) is 78.6 Å². The van der Waals surface area contributed by atoms with E-state index in [-0.39, 0.29) is 0 Å².